The van der Waals surface area contributed by atoms with Gasteiger partial charge in [0.2, 0.25) is 5.91 Å². The molecule has 0 aliphatic carbocycles. The van der Waals surface area contributed by atoms with Crippen LogP contribution in [0.3, 0.4) is 0 Å². The zero-order valence-corrected chi connectivity index (χ0v) is 16.0. The summed E-state index contributed by atoms with van der Waals surface area (Å²) in [6, 6.07) is 15.6. The van der Waals surface area contributed by atoms with E-state index in [0.29, 0.717) is 17.3 Å². The van der Waals surface area contributed by atoms with Crippen LogP contribution >= 0.6 is 11.6 Å². The van der Waals surface area contributed by atoms with Gasteiger partial charge in [-0.1, -0.05) is 48.0 Å². The normalized spacial score (nSPS) is 11.3. The van der Waals surface area contributed by atoms with Gasteiger partial charge in [-0.15, -0.1) is 6.58 Å². The molecule has 0 bridgehead atoms. The van der Waals surface area contributed by atoms with Crippen LogP contribution in [0, 0.1) is 0 Å². The number of nitrogens with zero attached hydrogens (tertiary/aromatic N) is 1. The average Bonchev–Trinajstić information content (AvgIpc) is 2.70. The predicted molar refractivity (Wildman–Crippen MR) is 107 cm³/mol. The number of nitrogens with one attached hydrogen (secondary N) is 1. The lowest BCUT2D eigenvalue weighted by atomic mass is 10.1. The summed E-state index contributed by atoms with van der Waals surface area (Å²) in [6.07, 6.45) is 1.59. The first-order valence-corrected chi connectivity index (χ1v) is 8.99. The molecule has 6 heteroatoms. The highest BCUT2D eigenvalue weighted by atomic mass is 35.5. The Kier molecular flexibility index (Phi) is 7.89. The zero-order chi connectivity index (χ0) is 19.6. The maximum atomic E-state index is 12.8. The molecule has 0 aliphatic rings. The van der Waals surface area contributed by atoms with Gasteiger partial charge in [0, 0.05) is 18.1 Å². The third-order valence-corrected chi connectivity index (χ3v) is 4.21. The number of hydrogen-bond donors (Lipinski definition) is 1. The van der Waals surface area contributed by atoms with E-state index in [2.05, 4.69) is 11.9 Å². The van der Waals surface area contributed by atoms with E-state index in [-0.39, 0.29) is 25.0 Å². The second-order valence-electron chi connectivity index (χ2n) is 5.96. The van der Waals surface area contributed by atoms with Crippen molar-refractivity contribution < 1.29 is 14.3 Å². The summed E-state index contributed by atoms with van der Waals surface area (Å²) >= 11 is 5.92. The van der Waals surface area contributed by atoms with Crippen molar-refractivity contribution in [2.75, 3.05) is 13.2 Å². The van der Waals surface area contributed by atoms with Crippen LogP contribution in [0.25, 0.3) is 0 Å². The molecular weight excluding hydrogens is 364 g/mol. The lowest BCUT2D eigenvalue weighted by Crippen LogP contribution is -2.49. The Labute approximate surface area is 164 Å². The Bertz CT molecular complexity index is 763. The number of hydrogen-bond acceptors (Lipinski definition) is 3. The number of amides is 2. The van der Waals surface area contributed by atoms with Crippen molar-refractivity contribution in [2.24, 2.45) is 0 Å². The lowest BCUT2D eigenvalue weighted by Gasteiger charge is -2.28. The van der Waals surface area contributed by atoms with Crippen molar-refractivity contribution in [3.63, 3.8) is 0 Å². The van der Waals surface area contributed by atoms with E-state index < -0.39 is 6.04 Å². The van der Waals surface area contributed by atoms with Gasteiger partial charge in [0.05, 0.1) is 0 Å². The molecule has 5 nitrogen and oxygen atoms in total. The largest absolute Gasteiger partial charge is 0.484 e. The summed E-state index contributed by atoms with van der Waals surface area (Å²) in [4.78, 5) is 26.6. The topological polar surface area (TPSA) is 58.6 Å². The van der Waals surface area contributed by atoms with E-state index in [1.54, 1.807) is 37.3 Å². The minimum Gasteiger partial charge on any atom is -0.484 e. The Morgan fingerprint density at radius 3 is 2.48 bits per heavy atom. The second-order valence-corrected chi connectivity index (χ2v) is 6.40. The minimum absolute atomic E-state index is 0.156. The highest BCUT2D eigenvalue weighted by Gasteiger charge is 2.26. The van der Waals surface area contributed by atoms with Crippen LogP contribution in [-0.4, -0.2) is 35.9 Å². The van der Waals surface area contributed by atoms with Crippen molar-refractivity contribution in [3.05, 3.63) is 77.8 Å². The number of ether oxygens (including phenoxy) is 1. The Hall–Kier alpha value is -2.79. The molecule has 0 unspecified atom stereocenters. The first kappa shape index (κ1) is 20.5. The fraction of sp³-hybridized carbons (Fsp3) is 0.238. The van der Waals surface area contributed by atoms with Crippen molar-refractivity contribution in [1.29, 1.82) is 0 Å². The molecular formula is C21H23ClN2O3. The van der Waals surface area contributed by atoms with Crippen molar-refractivity contribution >= 4 is 23.4 Å². The van der Waals surface area contributed by atoms with Gasteiger partial charge in [0.1, 0.15) is 11.8 Å². The average molecular weight is 387 g/mol. The summed E-state index contributed by atoms with van der Waals surface area (Å²) in [5.74, 6) is 0.0630. The Morgan fingerprint density at radius 1 is 1.19 bits per heavy atom. The number of benzene rings is 2. The molecule has 0 radical (unpaired) electrons. The molecule has 2 aromatic rings. The van der Waals surface area contributed by atoms with E-state index in [1.165, 1.54) is 4.90 Å². The monoisotopic (exact) mass is 386 g/mol. The molecule has 0 fully saturated rings. The molecule has 1 N–H and O–H groups in total. The van der Waals surface area contributed by atoms with Gasteiger partial charge in [-0.2, -0.15) is 0 Å². The highest BCUT2D eigenvalue weighted by molar-refractivity contribution is 6.30. The molecule has 0 saturated carbocycles. The summed E-state index contributed by atoms with van der Waals surface area (Å²) in [5, 5.41) is 3.34. The van der Waals surface area contributed by atoms with Crippen LogP contribution in [0.5, 0.6) is 5.75 Å². The number of rotatable bonds is 9. The van der Waals surface area contributed by atoms with E-state index >= 15 is 0 Å². The summed E-state index contributed by atoms with van der Waals surface area (Å²) in [5.41, 5.74) is 0.871. The van der Waals surface area contributed by atoms with Crippen LogP contribution < -0.4 is 10.1 Å². The lowest BCUT2D eigenvalue weighted by molar-refractivity contribution is -0.142. The summed E-state index contributed by atoms with van der Waals surface area (Å²) < 4.78 is 5.56. The molecule has 0 saturated heterocycles. The van der Waals surface area contributed by atoms with Crippen molar-refractivity contribution in [1.82, 2.24) is 10.2 Å². The van der Waals surface area contributed by atoms with Crippen LogP contribution in [0.1, 0.15) is 12.5 Å². The van der Waals surface area contributed by atoms with Crippen LogP contribution in [0.2, 0.25) is 5.02 Å². The summed E-state index contributed by atoms with van der Waals surface area (Å²) in [7, 11) is 0. The summed E-state index contributed by atoms with van der Waals surface area (Å²) in [6.45, 7) is 5.73. The molecule has 0 heterocycles. The number of halogens is 1. The highest BCUT2D eigenvalue weighted by Crippen LogP contribution is 2.15. The Morgan fingerprint density at radius 2 is 1.85 bits per heavy atom. The van der Waals surface area contributed by atoms with Crippen LogP contribution in [-0.2, 0) is 16.1 Å². The fourth-order valence-electron chi connectivity index (χ4n) is 2.43. The molecule has 0 aliphatic heterocycles. The van der Waals surface area contributed by atoms with E-state index in [1.807, 2.05) is 30.3 Å². The van der Waals surface area contributed by atoms with Gasteiger partial charge in [-0.05, 0) is 36.8 Å². The molecule has 27 heavy (non-hydrogen) atoms. The third kappa shape index (κ3) is 6.46. The van der Waals surface area contributed by atoms with E-state index in [4.69, 9.17) is 16.3 Å². The predicted octanol–water partition coefficient (Wildman–Crippen LogP) is 3.44. The maximum Gasteiger partial charge on any atom is 0.261 e. The number of carbonyl (C=O) groups is 2. The van der Waals surface area contributed by atoms with Crippen LogP contribution in [0.15, 0.2) is 67.3 Å². The molecule has 0 aromatic heterocycles. The molecule has 2 rings (SSSR count). The van der Waals surface area contributed by atoms with Crippen LogP contribution in [0.4, 0.5) is 0 Å². The van der Waals surface area contributed by atoms with Gasteiger partial charge >= 0.3 is 0 Å². The van der Waals surface area contributed by atoms with Crippen molar-refractivity contribution in [2.45, 2.75) is 19.5 Å². The van der Waals surface area contributed by atoms with Gasteiger partial charge in [0.15, 0.2) is 6.61 Å². The molecule has 1 atom stereocenters. The zero-order valence-electron chi connectivity index (χ0n) is 15.2. The fourth-order valence-corrected chi connectivity index (χ4v) is 2.56. The SMILES string of the molecule is C=CCNC(=O)[C@H](C)N(Cc1ccc(Cl)cc1)C(=O)COc1ccccc1. The Balaban J connectivity index is 2.11. The first-order valence-electron chi connectivity index (χ1n) is 8.61. The van der Waals surface area contributed by atoms with E-state index in [0.717, 1.165) is 5.56 Å². The number of carbonyl (C=O) groups excluding carboxylic acids is 2. The smallest absolute Gasteiger partial charge is 0.261 e. The minimum atomic E-state index is -0.660. The third-order valence-electron chi connectivity index (χ3n) is 3.96. The van der Waals surface area contributed by atoms with Gasteiger partial charge in [-0.3, -0.25) is 9.59 Å². The number of para-hydroxylation sites is 1. The standard InChI is InChI=1S/C21H23ClN2O3/c1-3-13-23-21(26)16(2)24(14-17-9-11-18(22)12-10-17)20(25)15-27-19-7-5-4-6-8-19/h3-12,16H,1,13-15H2,2H3,(H,23,26)/t16-/m0/s1. The molecule has 0 spiro atoms. The molecule has 142 valence electrons. The molecule has 2 amide bonds. The van der Waals surface area contributed by atoms with Gasteiger partial charge in [0.25, 0.3) is 5.91 Å². The first-order chi connectivity index (χ1) is 13.0. The second kappa shape index (κ2) is 10.4. The molecule has 2 aromatic carbocycles. The quantitative estimate of drug-likeness (QED) is 0.671. The van der Waals surface area contributed by atoms with Crippen molar-refractivity contribution in [3.8, 4) is 5.75 Å². The maximum absolute atomic E-state index is 12.8. The van der Waals surface area contributed by atoms with Gasteiger partial charge < -0.3 is 15.0 Å². The van der Waals surface area contributed by atoms with E-state index in [9.17, 15) is 9.59 Å². The van der Waals surface area contributed by atoms with Gasteiger partial charge in [-0.25, -0.2) is 0 Å².